The predicted octanol–water partition coefficient (Wildman–Crippen LogP) is 0.0919. The highest BCUT2D eigenvalue weighted by Crippen LogP contribution is 1.94. The molecule has 1 aromatic rings. The summed E-state index contributed by atoms with van der Waals surface area (Å²) in [5.41, 5.74) is 0.951. The average Bonchev–Trinajstić information content (AvgIpc) is 2.84. The highest BCUT2D eigenvalue weighted by Gasteiger charge is 2.01. The molecule has 18 heavy (non-hydrogen) atoms. The van der Waals surface area contributed by atoms with Crippen LogP contribution in [0.5, 0.6) is 0 Å². The van der Waals surface area contributed by atoms with Gasteiger partial charge in [-0.1, -0.05) is 19.1 Å². The van der Waals surface area contributed by atoms with Gasteiger partial charge in [-0.25, -0.2) is 0 Å². The van der Waals surface area contributed by atoms with Crippen molar-refractivity contribution in [3.8, 4) is 0 Å². The van der Waals surface area contributed by atoms with E-state index in [1.807, 2.05) is 6.20 Å². The maximum Gasteiger partial charge on any atom is 0.0964 e. The summed E-state index contributed by atoms with van der Waals surface area (Å²) in [6.45, 7) is 10.2. The highest BCUT2D eigenvalue weighted by atomic mass is 16.3. The Morgan fingerprint density at radius 1 is 1.39 bits per heavy atom. The molecule has 2 N–H and O–H groups in total. The smallest absolute Gasteiger partial charge is 0.0964 e. The second kappa shape index (κ2) is 9.02. The summed E-state index contributed by atoms with van der Waals surface area (Å²) in [7, 11) is 0. The van der Waals surface area contributed by atoms with Crippen LogP contribution in [0.4, 0.5) is 0 Å². The third kappa shape index (κ3) is 5.57. The van der Waals surface area contributed by atoms with E-state index in [2.05, 4.69) is 34.4 Å². The van der Waals surface area contributed by atoms with Gasteiger partial charge in [0.05, 0.1) is 5.69 Å². The summed E-state index contributed by atoms with van der Waals surface area (Å²) >= 11 is 0. The lowest BCUT2D eigenvalue weighted by Crippen LogP contribution is -2.31. The number of aryl methyl sites for hydroxylation is 1. The number of aliphatic hydroxyl groups excluding tert-OH is 1. The second-order valence-corrected chi connectivity index (χ2v) is 4.25. The number of aromatic nitrogens is 3. The van der Waals surface area contributed by atoms with Gasteiger partial charge in [0.25, 0.3) is 0 Å². The molecule has 0 atom stereocenters. The van der Waals surface area contributed by atoms with E-state index < -0.39 is 0 Å². The van der Waals surface area contributed by atoms with Gasteiger partial charge in [0.1, 0.15) is 0 Å². The maximum absolute atomic E-state index is 8.73. The first-order valence-corrected chi connectivity index (χ1v) is 6.73. The second-order valence-electron chi connectivity index (χ2n) is 4.25. The molecule has 0 bridgehead atoms. The van der Waals surface area contributed by atoms with Crippen molar-refractivity contribution in [3.63, 3.8) is 0 Å². The van der Waals surface area contributed by atoms with Crippen LogP contribution in [0.2, 0.25) is 0 Å². The summed E-state index contributed by atoms with van der Waals surface area (Å²) < 4.78 is 1.78. The summed E-state index contributed by atoms with van der Waals surface area (Å²) in [6.07, 6.45) is 2.65. The predicted molar refractivity (Wildman–Crippen MR) is 71.2 cm³/mol. The first kappa shape index (κ1) is 15.1. The lowest BCUT2D eigenvalue weighted by Gasteiger charge is -2.17. The summed E-state index contributed by atoms with van der Waals surface area (Å²) in [5, 5.41) is 20.2. The van der Waals surface area contributed by atoms with Gasteiger partial charge in [0.2, 0.25) is 0 Å². The lowest BCUT2D eigenvalue weighted by molar-refractivity contribution is 0.276. The van der Waals surface area contributed by atoms with E-state index in [1.165, 1.54) is 0 Å². The normalized spacial score (nSPS) is 11.3. The molecule has 0 saturated carbocycles. The Bertz CT molecular complexity index is 311. The van der Waals surface area contributed by atoms with Crippen molar-refractivity contribution in [2.75, 3.05) is 32.8 Å². The van der Waals surface area contributed by atoms with Crippen molar-refractivity contribution in [2.24, 2.45) is 0 Å². The fraction of sp³-hybridized carbons (Fsp3) is 0.833. The van der Waals surface area contributed by atoms with Crippen LogP contribution in [0, 0.1) is 0 Å². The molecule has 1 aromatic heterocycles. The van der Waals surface area contributed by atoms with Crippen LogP contribution in [0.15, 0.2) is 6.20 Å². The van der Waals surface area contributed by atoms with Gasteiger partial charge in [-0.15, -0.1) is 5.10 Å². The van der Waals surface area contributed by atoms with Gasteiger partial charge in [-0.3, -0.25) is 4.68 Å². The molecule has 0 radical (unpaired) electrons. The maximum atomic E-state index is 8.73. The van der Waals surface area contributed by atoms with Crippen LogP contribution < -0.4 is 5.32 Å². The number of rotatable bonds is 10. The van der Waals surface area contributed by atoms with Crippen molar-refractivity contribution in [1.29, 1.82) is 0 Å². The topological polar surface area (TPSA) is 66.2 Å². The Hall–Kier alpha value is -0.980. The lowest BCUT2D eigenvalue weighted by atomic mass is 10.4. The van der Waals surface area contributed by atoms with E-state index in [0.717, 1.165) is 51.4 Å². The van der Waals surface area contributed by atoms with Crippen LogP contribution in [-0.4, -0.2) is 57.8 Å². The quantitative estimate of drug-likeness (QED) is 0.580. The van der Waals surface area contributed by atoms with Gasteiger partial charge in [0.15, 0.2) is 0 Å². The van der Waals surface area contributed by atoms with Gasteiger partial charge in [0, 0.05) is 39.0 Å². The van der Waals surface area contributed by atoms with Crippen LogP contribution in [0.25, 0.3) is 0 Å². The molecule has 0 amide bonds. The molecule has 0 spiro atoms. The molecule has 0 aliphatic carbocycles. The molecule has 6 heteroatoms. The summed E-state index contributed by atoms with van der Waals surface area (Å²) in [4.78, 5) is 2.38. The van der Waals surface area contributed by atoms with Crippen LogP contribution in [0.1, 0.15) is 26.0 Å². The van der Waals surface area contributed by atoms with Crippen LogP contribution >= 0.6 is 0 Å². The zero-order valence-corrected chi connectivity index (χ0v) is 11.5. The van der Waals surface area contributed by atoms with E-state index in [9.17, 15) is 0 Å². The molecule has 0 fully saturated rings. The Balaban J connectivity index is 2.17. The number of hydrogen-bond donors (Lipinski definition) is 2. The molecule has 0 aliphatic heterocycles. The Morgan fingerprint density at radius 3 is 2.83 bits per heavy atom. The van der Waals surface area contributed by atoms with Crippen molar-refractivity contribution in [1.82, 2.24) is 25.2 Å². The molecule has 0 unspecified atom stereocenters. The first-order chi connectivity index (χ1) is 8.80. The van der Waals surface area contributed by atoms with Crippen LogP contribution in [-0.2, 0) is 13.1 Å². The zero-order chi connectivity index (χ0) is 13.2. The van der Waals surface area contributed by atoms with E-state index in [0.29, 0.717) is 0 Å². The van der Waals surface area contributed by atoms with Crippen molar-refractivity contribution >= 4 is 0 Å². The summed E-state index contributed by atoms with van der Waals surface area (Å²) in [6, 6.07) is 0. The van der Waals surface area contributed by atoms with E-state index in [-0.39, 0.29) is 6.61 Å². The molecule has 1 heterocycles. The average molecular weight is 255 g/mol. The molecular weight excluding hydrogens is 230 g/mol. The largest absolute Gasteiger partial charge is 0.396 e. The fourth-order valence-electron chi connectivity index (χ4n) is 1.75. The zero-order valence-electron chi connectivity index (χ0n) is 11.5. The monoisotopic (exact) mass is 255 g/mol. The number of nitrogens with one attached hydrogen (secondary N) is 1. The number of likely N-dealkylation sites (N-methyl/N-ethyl adjacent to an activating group) is 1. The number of nitrogens with zero attached hydrogens (tertiary/aromatic N) is 4. The van der Waals surface area contributed by atoms with Gasteiger partial charge >= 0.3 is 0 Å². The summed E-state index contributed by atoms with van der Waals surface area (Å²) in [5.74, 6) is 0. The Labute approximate surface area is 109 Å². The third-order valence-electron chi connectivity index (χ3n) is 2.94. The number of hydrogen-bond acceptors (Lipinski definition) is 5. The minimum Gasteiger partial charge on any atom is -0.396 e. The van der Waals surface area contributed by atoms with Crippen molar-refractivity contribution < 1.29 is 5.11 Å². The SMILES string of the molecule is CCN(CC)CCNCc1cn(CCCO)nn1. The van der Waals surface area contributed by atoms with E-state index in [4.69, 9.17) is 5.11 Å². The third-order valence-corrected chi connectivity index (χ3v) is 2.94. The number of aliphatic hydroxyl groups is 1. The minimum atomic E-state index is 0.192. The first-order valence-electron chi connectivity index (χ1n) is 6.73. The van der Waals surface area contributed by atoms with E-state index in [1.54, 1.807) is 4.68 Å². The molecule has 0 aromatic carbocycles. The van der Waals surface area contributed by atoms with Gasteiger partial charge < -0.3 is 15.3 Å². The molecule has 104 valence electrons. The fourth-order valence-corrected chi connectivity index (χ4v) is 1.75. The molecular formula is C12H25N5O. The van der Waals surface area contributed by atoms with Crippen molar-refractivity contribution in [2.45, 2.75) is 33.4 Å². The standard InChI is InChI=1S/C12H25N5O/c1-3-16(4-2)8-6-13-10-12-11-17(15-14-12)7-5-9-18/h11,13,18H,3-10H2,1-2H3. The van der Waals surface area contributed by atoms with Gasteiger partial charge in [-0.05, 0) is 19.5 Å². The van der Waals surface area contributed by atoms with Gasteiger partial charge in [-0.2, -0.15) is 0 Å². The minimum absolute atomic E-state index is 0.192. The van der Waals surface area contributed by atoms with Crippen molar-refractivity contribution in [3.05, 3.63) is 11.9 Å². The van der Waals surface area contributed by atoms with E-state index >= 15 is 0 Å². The Kier molecular flexibility index (Phi) is 7.55. The Morgan fingerprint density at radius 2 is 2.17 bits per heavy atom. The molecule has 6 nitrogen and oxygen atoms in total. The van der Waals surface area contributed by atoms with Crippen LogP contribution in [0.3, 0.4) is 0 Å². The highest BCUT2D eigenvalue weighted by molar-refractivity contribution is 4.91. The molecule has 0 aliphatic rings. The molecule has 0 saturated heterocycles. The molecule has 1 rings (SSSR count).